The first-order valence-corrected chi connectivity index (χ1v) is 10.3. The van der Waals surface area contributed by atoms with Gasteiger partial charge in [0, 0.05) is 19.4 Å². The molecule has 1 aliphatic rings. The van der Waals surface area contributed by atoms with Crippen LogP contribution < -0.4 is 14.4 Å². The van der Waals surface area contributed by atoms with Gasteiger partial charge in [0.25, 0.3) is 0 Å². The van der Waals surface area contributed by atoms with E-state index in [0.717, 1.165) is 0 Å². The third kappa shape index (κ3) is 3.59. The van der Waals surface area contributed by atoms with Crippen LogP contribution in [0, 0.1) is 0 Å². The van der Waals surface area contributed by atoms with E-state index in [9.17, 15) is 9.59 Å². The lowest BCUT2D eigenvalue weighted by Crippen LogP contribution is -2.36. The van der Waals surface area contributed by atoms with Crippen LogP contribution in [0.15, 0.2) is 53.7 Å². The van der Waals surface area contributed by atoms with Gasteiger partial charge < -0.3 is 9.47 Å². The van der Waals surface area contributed by atoms with Gasteiger partial charge in [0.2, 0.25) is 23.2 Å². The van der Waals surface area contributed by atoms with Gasteiger partial charge in [-0.25, -0.2) is 0 Å². The van der Waals surface area contributed by atoms with Crippen LogP contribution in [0.4, 0.5) is 5.69 Å². The SMILES string of the molecule is CSc1nnc2c(n1)O[C@H](c1ccccc1OC(C)=O)N(C(C)=O)c1ccccc1-2. The van der Waals surface area contributed by atoms with Gasteiger partial charge in [-0.1, -0.05) is 42.1 Å². The zero-order valence-electron chi connectivity index (χ0n) is 16.5. The van der Waals surface area contributed by atoms with E-state index >= 15 is 0 Å². The van der Waals surface area contributed by atoms with E-state index in [0.29, 0.717) is 33.4 Å². The Kier molecular flexibility index (Phi) is 5.37. The Morgan fingerprint density at radius 2 is 1.80 bits per heavy atom. The fourth-order valence-corrected chi connectivity index (χ4v) is 3.57. The molecule has 1 aliphatic heterocycles. The number of carbonyl (C=O) groups excluding carboxylic acids is 2. The highest BCUT2D eigenvalue weighted by atomic mass is 32.2. The lowest BCUT2D eigenvalue weighted by molar-refractivity contribution is -0.132. The summed E-state index contributed by atoms with van der Waals surface area (Å²) < 4.78 is 11.6. The van der Waals surface area contributed by atoms with E-state index in [2.05, 4.69) is 15.2 Å². The van der Waals surface area contributed by atoms with Gasteiger partial charge in [-0.05, 0) is 24.5 Å². The molecular weight excluding hydrogens is 404 g/mol. The Morgan fingerprint density at radius 1 is 1.07 bits per heavy atom. The van der Waals surface area contributed by atoms with Crippen LogP contribution >= 0.6 is 11.8 Å². The first kappa shape index (κ1) is 19.8. The van der Waals surface area contributed by atoms with Crippen LogP contribution in [0.3, 0.4) is 0 Å². The molecule has 0 radical (unpaired) electrons. The molecule has 0 fully saturated rings. The van der Waals surface area contributed by atoms with Crippen LogP contribution in [-0.2, 0) is 9.59 Å². The van der Waals surface area contributed by atoms with E-state index in [1.165, 1.54) is 30.5 Å². The number of esters is 1. The van der Waals surface area contributed by atoms with E-state index in [4.69, 9.17) is 9.47 Å². The van der Waals surface area contributed by atoms with Gasteiger partial charge in [0.05, 0.1) is 11.3 Å². The van der Waals surface area contributed by atoms with Crippen molar-refractivity contribution < 1.29 is 19.1 Å². The number of carbonyl (C=O) groups is 2. The summed E-state index contributed by atoms with van der Waals surface area (Å²) in [5.74, 6) is -0.182. The fraction of sp³-hybridized carbons (Fsp3) is 0.190. The van der Waals surface area contributed by atoms with Crippen molar-refractivity contribution in [2.75, 3.05) is 11.2 Å². The molecule has 2 aromatic carbocycles. The summed E-state index contributed by atoms with van der Waals surface area (Å²) in [4.78, 5) is 30.4. The molecule has 1 atom stereocenters. The predicted octanol–water partition coefficient (Wildman–Crippen LogP) is 3.63. The molecule has 8 nitrogen and oxygen atoms in total. The van der Waals surface area contributed by atoms with Gasteiger partial charge >= 0.3 is 5.97 Å². The first-order valence-electron chi connectivity index (χ1n) is 9.11. The van der Waals surface area contributed by atoms with Crippen molar-refractivity contribution in [1.82, 2.24) is 15.2 Å². The Bertz CT molecular complexity index is 1140. The standard InChI is InChI=1S/C21H18N4O4S/c1-12(26)25-16-10-6-4-8-14(16)18-19(22-21(30-3)24-23-18)29-20(25)15-9-5-7-11-17(15)28-13(2)27/h4-11,20H,1-3H3/t20-/m1/s1. The van der Waals surface area contributed by atoms with Crippen LogP contribution in [0.2, 0.25) is 0 Å². The molecule has 0 aliphatic carbocycles. The third-order valence-corrected chi connectivity index (χ3v) is 5.01. The maximum absolute atomic E-state index is 12.8. The van der Waals surface area contributed by atoms with Gasteiger partial charge in [-0.15, -0.1) is 10.2 Å². The smallest absolute Gasteiger partial charge is 0.308 e. The Hall–Kier alpha value is -3.46. The van der Waals surface area contributed by atoms with Crippen molar-refractivity contribution in [3.63, 3.8) is 0 Å². The number of hydrogen-bond donors (Lipinski definition) is 0. The molecular formula is C21H18N4O4S. The zero-order valence-corrected chi connectivity index (χ0v) is 17.3. The number of anilines is 1. The Labute approximate surface area is 177 Å². The van der Waals surface area contributed by atoms with Gasteiger partial charge in [-0.2, -0.15) is 4.98 Å². The van der Waals surface area contributed by atoms with E-state index in [1.54, 1.807) is 30.3 Å². The number of para-hydroxylation sites is 2. The molecule has 1 aromatic heterocycles. The minimum atomic E-state index is -0.924. The van der Waals surface area contributed by atoms with Crippen LogP contribution in [0.5, 0.6) is 11.6 Å². The first-order chi connectivity index (χ1) is 14.5. The molecule has 1 amide bonds. The fourth-order valence-electron chi connectivity index (χ4n) is 3.27. The van der Waals surface area contributed by atoms with Gasteiger partial charge in [-0.3, -0.25) is 14.5 Å². The summed E-state index contributed by atoms with van der Waals surface area (Å²) in [6, 6.07) is 14.2. The molecule has 0 N–H and O–H groups in total. The molecule has 2 heterocycles. The summed E-state index contributed by atoms with van der Waals surface area (Å²) in [6.07, 6.45) is 0.913. The van der Waals surface area contributed by atoms with Crippen molar-refractivity contribution in [2.45, 2.75) is 25.2 Å². The maximum atomic E-state index is 12.8. The van der Waals surface area contributed by atoms with Crippen molar-refractivity contribution >= 4 is 29.3 Å². The molecule has 4 rings (SSSR count). The second-order valence-corrected chi connectivity index (χ2v) is 7.23. The summed E-state index contributed by atoms with van der Waals surface area (Å²) in [7, 11) is 0. The number of nitrogens with zero attached hydrogens (tertiary/aromatic N) is 4. The molecule has 0 spiro atoms. The molecule has 0 unspecified atom stereocenters. The van der Waals surface area contributed by atoms with E-state index in [1.807, 2.05) is 24.5 Å². The average molecular weight is 422 g/mol. The lowest BCUT2D eigenvalue weighted by atomic mass is 10.1. The van der Waals surface area contributed by atoms with Crippen LogP contribution in [0.25, 0.3) is 11.3 Å². The number of amides is 1. The predicted molar refractivity (Wildman–Crippen MR) is 111 cm³/mol. The third-order valence-electron chi connectivity index (χ3n) is 4.47. The van der Waals surface area contributed by atoms with E-state index < -0.39 is 12.2 Å². The number of thioether (sulfide) groups is 1. The number of fused-ring (bicyclic) bond motifs is 3. The summed E-state index contributed by atoms with van der Waals surface area (Å²) in [6.45, 7) is 2.77. The number of aromatic nitrogens is 3. The topological polar surface area (TPSA) is 94.5 Å². The zero-order chi connectivity index (χ0) is 21.3. The highest BCUT2D eigenvalue weighted by Gasteiger charge is 2.36. The minimum Gasteiger partial charge on any atom is -0.447 e. The normalized spacial score (nSPS) is 14.8. The number of benzene rings is 2. The van der Waals surface area contributed by atoms with Gasteiger partial charge in [0.15, 0.2) is 5.69 Å². The molecule has 0 saturated carbocycles. The second kappa shape index (κ2) is 8.11. The Balaban J connectivity index is 1.97. The molecule has 0 saturated heterocycles. The van der Waals surface area contributed by atoms with Crippen molar-refractivity contribution in [2.24, 2.45) is 0 Å². The Morgan fingerprint density at radius 3 is 2.53 bits per heavy atom. The minimum absolute atomic E-state index is 0.244. The number of rotatable bonds is 3. The largest absolute Gasteiger partial charge is 0.447 e. The van der Waals surface area contributed by atoms with Crippen molar-refractivity contribution in [3.05, 3.63) is 54.1 Å². The monoisotopic (exact) mass is 422 g/mol. The number of ether oxygens (including phenoxy) is 2. The molecule has 9 heteroatoms. The summed E-state index contributed by atoms with van der Waals surface area (Å²) >= 11 is 1.33. The molecule has 30 heavy (non-hydrogen) atoms. The van der Waals surface area contributed by atoms with Crippen LogP contribution in [-0.4, -0.2) is 33.3 Å². The molecule has 3 aromatic rings. The van der Waals surface area contributed by atoms with Crippen molar-refractivity contribution in [1.29, 1.82) is 0 Å². The highest BCUT2D eigenvalue weighted by molar-refractivity contribution is 7.98. The molecule has 152 valence electrons. The number of hydrogen-bond acceptors (Lipinski definition) is 8. The summed E-state index contributed by atoms with van der Waals surface area (Å²) in [5.41, 5.74) is 2.21. The highest BCUT2D eigenvalue weighted by Crippen LogP contribution is 2.44. The van der Waals surface area contributed by atoms with E-state index in [-0.39, 0.29) is 11.8 Å². The maximum Gasteiger partial charge on any atom is 0.308 e. The summed E-state index contributed by atoms with van der Waals surface area (Å²) in [5, 5.41) is 8.87. The van der Waals surface area contributed by atoms with Gasteiger partial charge in [0.1, 0.15) is 5.75 Å². The quantitative estimate of drug-likeness (QED) is 0.359. The van der Waals surface area contributed by atoms with Crippen LogP contribution in [0.1, 0.15) is 25.6 Å². The second-order valence-electron chi connectivity index (χ2n) is 6.46. The lowest BCUT2D eigenvalue weighted by Gasteiger charge is -2.30. The molecule has 0 bridgehead atoms. The van der Waals surface area contributed by atoms with Crippen molar-refractivity contribution in [3.8, 4) is 22.9 Å². The average Bonchev–Trinajstić information content (AvgIpc) is 2.87.